The Hall–Kier alpha value is -3.84. The number of rotatable bonds is 11. The van der Waals surface area contributed by atoms with Gasteiger partial charge < -0.3 is 24.4 Å². The van der Waals surface area contributed by atoms with E-state index in [4.69, 9.17) is 21.1 Å². The second kappa shape index (κ2) is 14.9. The highest BCUT2D eigenvalue weighted by atomic mass is 35.5. The van der Waals surface area contributed by atoms with Gasteiger partial charge in [-0.3, -0.25) is 4.90 Å². The van der Waals surface area contributed by atoms with Crippen molar-refractivity contribution in [3.05, 3.63) is 82.1 Å². The molecule has 1 aromatic heterocycles. The lowest BCUT2D eigenvalue weighted by molar-refractivity contribution is -0.0446. The van der Waals surface area contributed by atoms with Gasteiger partial charge in [0.2, 0.25) is 5.88 Å². The normalized spacial score (nSPS) is 16.6. The number of aryl methyl sites for hydroxylation is 1. The zero-order valence-corrected chi connectivity index (χ0v) is 24.5. The van der Waals surface area contributed by atoms with Crippen LogP contribution in [0.25, 0.3) is 0 Å². The molecular formula is C32H36ClFN4O4. The summed E-state index contributed by atoms with van der Waals surface area (Å²) in [7, 11) is 0. The number of halogens is 2. The summed E-state index contributed by atoms with van der Waals surface area (Å²) in [6.07, 6.45) is 9.21. The SMILES string of the molecule is C#C.Cc1ccc(C(=O)O)cc1N(CCN1CCN(c2cccc(OCc3ccc(Cl)cc3F)n2)CC1)C[C@H]1CCO1. The second-order valence-electron chi connectivity index (χ2n) is 10.2. The molecule has 0 unspecified atom stereocenters. The van der Waals surface area contributed by atoms with Gasteiger partial charge in [0.25, 0.3) is 0 Å². The van der Waals surface area contributed by atoms with Gasteiger partial charge in [0, 0.05) is 74.8 Å². The molecule has 222 valence electrons. The Bertz CT molecular complexity index is 1380. The maximum Gasteiger partial charge on any atom is 0.335 e. The molecule has 0 bridgehead atoms. The van der Waals surface area contributed by atoms with E-state index in [0.717, 1.165) is 75.9 Å². The van der Waals surface area contributed by atoms with Crippen molar-refractivity contribution in [1.82, 2.24) is 9.88 Å². The number of hydrogen-bond donors (Lipinski definition) is 1. The predicted molar refractivity (Wildman–Crippen MR) is 163 cm³/mol. The lowest BCUT2D eigenvalue weighted by Gasteiger charge is -2.38. The number of aromatic carboxylic acids is 1. The van der Waals surface area contributed by atoms with E-state index in [0.29, 0.717) is 22.0 Å². The lowest BCUT2D eigenvalue weighted by atomic mass is 10.1. The quantitative estimate of drug-likeness (QED) is 0.306. The van der Waals surface area contributed by atoms with Gasteiger partial charge >= 0.3 is 5.97 Å². The number of pyridine rings is 1. The van der Waals surface area contributed by atoms with Crippen LogP contribution in [0.3, 0.4) is 0 Å². The van der Waals surface area contributed by atoms with Crippen molar-refractivity contribution >= 4 is 29.1 Å². The van der Waals surface area contributed by atoms with Crippen LogP contribution in [-0.2, 0) is 11.3 Å². The topological polar surface area (TPSA) is 78.4 Å². The van der Waals surface area contributed by atoms with E-state index in [2.05, 4.69) is 32.5 Å². The zero-order chi connectivity index (χ0) is 30.1. The van der Waals surface area contributed by atoms with E-state index in [1.807, 2.05) is 25.1 Å². The summed E-state index contributed by atoms with van der Waals surface area (Å²) in [6, 6.07) is 15.5. The number of carboxylic acids is 1. The second-order valence-corrected chi connectivity index (χ2v) is 10.7. The Morgan fingerprint density at radius 2 is 1.93 bits per heavy atom. The summed E-state index contributed by atoms with van der Waals surface area (Å²) < 4.78 is 25.6. The Kier molecular flexibility index (Phi) is 11.0. The van der Waals surface area contributed by atoms with Crippen LogP contribution in [0.5, 0.6) is 5.88 Å². The minimum Gasteiger partial charge on any atom is -0.478 e. The van der Waals surface area contributed by atoms with Gasteiger partial charge in [0.15, 0.2) is 0 Å². The number of aromatic nitrogens is 1. The highest BCUT2D eigenvalue weighted by Gasteiger charge is 2.25. The highest BCUT2D eigenvalue weighted by Crippen LogP contribution is 2.25. The van der Waals surface area contributed by atoms with Gasteiger partial charge in [0.05, 0.1) is 11.7 Å². The number of piperazine rings is 1. The predicted octanol–water partition coefficient (Wildman–Crippen LogP) is 5.13. The molecule has 0 spiro atoms. The third kappa shape index (κ3) is 8.13. The fourth-order valence-corrected chi connectivity index (χ4v) is 5.14. The van der Waals surface area contributed by atoms with Gasteiger partial charge in [0.1, 0.15) is 18.2 Å². The van der Waals surface area contributed by atoms with E-state index in [-0.39, 0.29) is 12.7 Å². The van der Waals surface area contributed by atoms with Gasteiger partial charge in [-0.25, -0.2) is 9.18 Å². The molecule has 8 nitrogen and oxygen atoms in total. The molecule has 10 heteroatoms. The molecule has 0 amide bonds. The molecule has 2 saturated heterocycles. The summed E-state index contributed by atoms with van der Waals surface area (Å²) in [6.45, 7) is 8.68. The van der Waals surface area contributed by atoms with Crippen LogP contribution in [-0.4, -0.2) is 79.5 Å². The number of carboxylic acid groups (broad SMARTS) is 1. The minimum atomic E-state index is -0.919. The van der Waals surface area contributed by atoms with E-state index < -0.39 is 11.8 Å². The molecule has 2 aromatic carbocycles. The van der Waals surface area contributed by atoms with Gasteiger partial charge in [-0.2, -0.15) is 4.98 Å². The van der Waals surface area contributed by atoms with Crippen LogP contribution in [0.1, 0.15) is 27.9 Å². The molecule has 0 aliphatic carbocycles. The lowest BCUT2D eigenvalue weighted by Crippen LogP contribution is -2.50. The van der Waals surface area contributed by atoms with Crippen LogP contribution >= 0.6 is 11.6 Å². The van der Waals surface area contributed by atoms with Crippen LogP contribution in [0.4, 0.5) is 15.9 Å². The van der Waals surface area contributed by atoms with E-state index in [1.54, 1.807) is 30.3 Å². The molecule has 3 heterocycles. The molecule has 2 aliphatic heterocycles. The zero-order valence-electron chi connectivity index (χ0n) is 23.7. The first kappa shape index (κ1) is 31.1. The number of ether oxygens (including phenoxy) is 2. The maximum absolute atomic E-state index is 14.1. The third-order valence-corrected chi connectivity index (χ3v) is 7.73. The van der Waals surface area contributed by atoms with Crippen molar-refractivity contribution in [3.63, 3.8) is 0 Å². The van der Waals surface area contributed by atoms with Crippen molar-refractivity contribution in [2.75, 3.05) is 62.2 Å². The number of anilines is 2. The maximum atomic E-state index is 14.1. The van der Waals surface area contributed by atoms with Crippen LogP contribution in [0.2, 0.25) is 5.02 Å². The minimum absolute atomic E-state index is 0.0739. The summed E-state index contributed by atoms with van der Waals surface area (Å²) in [5, 5.41) is 9.85. The molecule has 3 aromatic rings. The summed E-state index contributed by atoms with van der Waals surface area (Å²) >= 11 is 5.84. The first-order valence-electron chi connectivity index (χ1n) is 13.9. The number of hydrogen-bond acceptors (Lipinski definition) is 7. The van der Waals surface area contributed by atoms with Crippen LogP contribution < -0.4 is 14.5 Å². The molecule has 1 atom stereocenters. The summed E-state index contributed by atoms with van der Waals surface area (Å²) in [5.74, 6) is -0.0403. The molecule has 42 heavy (non-hydrogen) atoms. The summed E-state index contributed by atoms with van der Waals surface area (Å²) in [5.41, 5.74) is 2.73. The standard InChI is InChI=1S/C30H34ClFN4O4.C2H2/c1-21-5-6-22(30(37)38)17-27(21)36(19-25-9-16-39-25)15-12-34-10-13-35(14-11-34)28-3-2-4-29(33-28)40-20-23-7-8-24(31)18-26(23)32;1-2/h2-8,17-18,25H,9-16,19-20H2,1H3,(H,37,38);1-2H/t25-;/m1./s1. The van der Waals surface area contributed by atoms with Gasteiger partial charge in [-0.1, -0.05) is 29.8 Å². The number of carbonyl (C=O) groups is 1. The Morgan fingerprint density at radius 1 is 1.17 bits per heavy atom. The molecule has 2 aliphatic rings. The van der Waals surface area contributed by atoms with Gasteiger partial charge in [-0.05, 0) is 49.2 Å². The van der Waals surface area contributed by atoms with Crippen molar-refractivity contribution < 1.29 is 23.8 Å². The van der Waals surface area contributed by atoms with Crippen molar-refractivity contribution in [1.29, 1.82) is 0 Å². The Balaban J connectivity index is 0.00000198. The average Bonchev–Trinajstić information content (AvgIpc) is 2.98. The highest BCUT2D eigenvalue weighted by molar-refractivity contribution is 6.30. The van der Waals surface area contributed by atoms with Crippen molar-refractivity contribution in [3.8, 4) is 18.7 Å². The smallest absolute Gasteiger partial charge is 0.335 e. The first-order chi connectivity index (χ1) is 20.4. The summed E-state index contributed by atoms with van der Waals surface area (Å²) in [4.78, 5) is 23.2. The monoisotopic (exact) mass is 594 g/mol. The van der Waals surface area contributed by atoms with E-state index >= 15 is 0 Å². The number of nitrogens with zero attached hydrogens (tertiary/aromatic N) is 4. The van der Waals surface area contributed by atoms with E-state index in [9.17, 15) is 14.3 Å². The van der Waals surface area contributed by atoms with Crippen LogP contribution in [0.15, 0.2) is 54.6 Å². The molecule has 5 rings (SSSR count). The third-order valence-electron chi connectivity index (χ3n) is 7.50. The number of benzene rings is 2. The Labute approximate surface area is 251 Å². The Morgan fingerprint density at radius 3 is 2.60 bits per heavy atom. The van der Waals surface area contributed by atoms with Gasteiger partial charge in [-0.15, -0.1) is 12.8 Å². The molecule has 0 saturated carbocycles. The molecule has 0 radical (unpaired) electrons. The number of terminal acetylenes is 1. The largest absolute Gasteiger partial charge is 0.478 e. The van der Waals surface area contributed by atoms with Crippen molar-refractivity contribution in [2.24, 2.45) is 0 Å². The molecular weight excluding hydrogens is 559 g/mol. The van der Waals surface area contributed by atoms with Crippen molar-refractivity contribution in [2.45, 2.75) is 26.1 Å². The van der Waals surface area contributed by atoms with E-state index in [1.165, 1.54) is 6.07 Å². The first-order valence-corrected chi connectivity index (χ1v) is 14.3. The van der Waals surface area contributed by atoms with Crippen LogP contribution in [0, 0.1) is 25.6 Å². The fraction of sp³-hybridized carbons (Fsp3) is 0.375. The fourth-order valence-electron chi connectivity index (χ4n) is 4.98. The molecule has 1 N–H and O–H groups in total. The average molecular weight is 595 g/mol. The molecule has 2 fully saturated rings.